The summed E-state index contributed by atoms with van der Waals surface area (Å²) < 4.78 is 54.4. The molecule has 22 heavy (non-hydrogen) atoms. The molecule has 118 valence electrons. The molecule has 3 rings (SSSR count). The van der Waals surface area contributed by atoms with Crippen LogP contribution in [0.25, 0.3) is 0 Å². The molecule has 0 aliphatic heterocycles. The molecule has 0 heterocycles. The Morgan fingerprint density at radius 3 is 2.59 bits per heavy atom. The molecule has 0 aromatic heterocycles. The van der Waals surface area contributed by atoms with E-state index in [1.54, 1.807) is 0 Å². The fraction of sp³-hybridized carbons (Fsp3) is 0.533. The maximum Gasteiger partial charge on any atom is 0.213 e. The van der Waals surface area contributed by atoms with Gasteiger partial charge >= 0.3 is 0 Å². The van der Waals surface area contributed by atoms with Crippen molar-refractivity contribution in [1.82, 2.24) is 4.72 Å². The second-order valence-corrected chi connectivity index (χ2v) is 8.00. The van der Waals surface area contributed by atoms with E-state index in [4.69, 9.17) is 5.26 Å². The summed E-state index contributed by atoms with van der Waals surface area (Å²) in [6.07, 6.45) is 2.67. The van der Waals surface area contributed by atoms with Gasteiger partial charge in [0.25, 0.3) is 0 Å². The molecule has 2 aliphatic rings. The molecule has 2 fully saturated rings. The van der Waals surface area contributed by atoms with Crippen LogP contribution in [0.3, 0.4) is 0 Å². The molecule has 7 heteroatoms. The zero-order valence-corrected chi connectivity index (χ0v) is 12.7. The van der Waals surface area contributed by atoms with Gasteiger partial charge in [0.1, 0.15) is 11.6 Å². The van der Waals surface area contributed by atoms with Crippen LogP contribution in [0.1, 0.15) is 37.3 Å². The van der Waals surface area contributed by atoms with Crippen LogP contribution in [0.15, 0.2) is 18.2 Å². The van der Waals surface area contributed by atoms with E-state index in [0.29, 0.717) is 12.8 Å². The van der Waals surface area contributed by atoms with Gasteiger partial charge < -0.3 is 0 Å². The predicted molar refractivity (Wildman–Crippen MR) is 76.0 cm³/mol. The van der Waals surface area contributed by atoms with Crippen LogP contribution < -0.4 is 4.72 Å². The summed E-state index contributed by atoms with van der Waals surface area (Å²) in [7, 11) is -3.73. The van der Waals surface area contributed by atoms with Gasteiger partial charge in [-0.15, -0.1) is 0 Å². The third-order valence-electron chi connectivity index (χ3n) is 4.25. The second kappa shape index (κ2) is 5.28. The minimum absolute atomic E-state index is 0.0247. The Morgan fingerprint density at radius 2 is 2.05 bits per heavy atom. The van der Waals surface area contributed by atoms with Gasteiger partial charge in [-0.2, -0.15) is 5.26 Å². The summed E-state index contributed by atoms with van der Waals surface area (Å²) in [5, 5.41) is 9.02. The number of nitrogens with one attached hydrogen (secondary N) is 1. The van der Waals surface area contributed by atoms with Crippen molar-refractivity contribution in [3.05, 3.63) is 35.4 Å². The van der Waals surface area contributed by atoms with E-state index in [2.05, 4.69) is 4.72 Å². The third-order valence-corrected chi connectivity index (χ3v) is 5.80. The SMILES string of the molecule is N#CC1(CS(=O)(=O)NC(c2cc(F)ccc2F)C2CC2)CC1. The molecule has 0 amide bonds. The molecular formula is C15H16F2N2O2S. The lowest BCUT2D eigenvalue weighted by atomic mass is 10.0. The Bertz CT molecular complexity index is 734. The summed E-state index contributed by atoms with van der Waals surface area (Å²) >= 11 is 0. The van der Waals surface area contributed by atoms with Crippen molar-refractivity contribution in [3.63, 3.8) is 0 Å². The third kappa shape index (κ3) is 3.28. The number of sulfonamides is 1. The highest BCUT2D eigenvalue weighted by Gasteiger charge is 2.48. The largest absolute Gasteiger partial charge is 0.213 e. The van der Waals surface area contributed by atoms with Crippen molar-refractivity contribution in [3.8, 4) is 6.07 Å². The molecule has 1 N–H and O–H groups in total. The summed E-state index contributed by atoms with van der Waals surface area (Å²) in [5.41, 5.74) is -0.770. The molecule has 1 atom stereocenters. The van der Waals surface area contributed by atoms with Crippen LogP contribution in [0, 0.1) is 34.3 Å². The first-order valence-electron chi connectivity index (χ1n) is 7.20. The van der Waals surface area contributed by atoms with Gasteiger partial charge in [-0.1, -0.05) is 0 Å². The lowest BCUT2D eigenvalue weighted by Crippen LogP contribution is -2.35. The smallest absolute Gasteiger partial charge is 0.212 e. The van der Waals surface area contributed by atoms with E-state index < -0.39 is 33.1 Å². The van der Waals surface area contributed by atoms with Gasteiger partial charge in [-0.05, 0) is 49.8 Å². The highest BCUT2D eigenvalue weighted by molar-refractivity contribution is 7.89. The van der Waals surface area contributed by atoms with E-state index in [0.717, 1.165) is 31.0 Å². The van der Waals surface area contributed by atoms with Crippen LogP contribution in [0.2, 0.25) is 0 Å². The van der Waals surface area contributed by atoms with Gasteiger partial charge in [0.15, 0.2) is 0 Å². The summed E-state index contributed by atoms with van der Waals surface area (Å²) in [4.78, 5) is 0. The predicted octanol–water partition coefficient (Wildman–Crippen LogP) is 2.64. The first-order chi connectivity index (χ1) is 10.3. The maximum absolute atomic E-state index is 13.9. The average Bonchev–Trinajstić information content (AvgIpc) is 3.33. The van der Waals surface area contributed by atoms with Gasteiger partial charge in [-0.25, -0.2) is 21.9 Å². The van der Waals surface area contributed by atoms with Crippen molar-refractivity contribution in [2.45, 2.75) is 31.7 Å². The molecule has 1 unspecified atom stereocenters. The summed E-state index contributed by atoms with van der Waals surface area (Å²) in [5.74, 6) is -1.53. The molecule has 2 aliphatic carbocycles. The monoisotopic (exact) mass is 326 g/mol. The zero-order chi connectivity index (χ0) is 16.0. The Kier molecular flexibility index (Phi) is 3.69. The van der Waals surface area contributed by atoms with Gasteiger partial charge in [0.05, 0.1) is 23.3 Å². The summed E-state index contributed by atoms with van der Waals surface area (Å²) in [6.45, 7) is 0. The highest BCUT2D eigenvalue weighted by Crippen LogP contribution is 2.47. The first kappa shape index (κ1) is 15.4. The molecule has 2 saturated carbocycles. The quantitative estimate of drug-likeness (QED) is 0.873. The van der Waals surface area contributed by atoms with Crippen molar-refractivity contribution in [1.29, 1.82) is 5.26 Å². The number of benzene rings is 1. The molecule has 0 spiro atoms. The highest BCUT2D eigenvalue weighted by atomic mass is 32.2. The van der Waals surface area contributed by atoms with Gasteiger partial charge in [0.2, 0.25) is 10.0 Å². The number of halogens is 2. The standard InChI is InChI=1S/C15H16F2N2O2S/c16-11-3-4-13(17)12(7-11)14(10-1-2-10)19-22(20,21)9-15(8-18)5-6-15/h3-4,7,10,14,19H,1-2,5-6,9H2. The fourth-order valence-corrected chi connectivity index (χ4v) is 4.50. The number of nitrogens with zero attached hydrogens (tertiary/aromatic N) is 1. The molecule has 0 radical (unpaired) electrons. The molecular weight excluding hydrogens is 310 g/mol. The van der Waals surface area contributed by atoms with E-state index in [9.17, 15) is 17.2 Å². The van der Waals surface area contributed by atoms with Crippen molar-refractivity contribution < 1.29 is 17.2 Å². The Labute approximate surface area is 128 Å². The molecule has 1 aromatic carbocycles. The van der Waals surface area contributed by atoms with Crippen LogP contribution in [-0.4, -0.2) is 14.2 Å². The molecule has 4 nitrogen and oxygen atoms in total. The lowest BCUT2D eigenvalue weighted by molar-refractivity contribution is 0.494. The van der Waals surface area contributed by atoms with Gasteiger partial charge in [0, 0.05) is 5.56 Å². The minimum Gasteiger partial charge on any atom is -0.212 e. The van der Waals surface area contributed by atoms with Crippen LogP contribution in [0.4, 0.5) is 8.78 Å². The van der Waals surface area contributed by atoms with E-state index in [-0.39, 0.29) is 17.2 Å². The van der Waals surface area contributed by atoms with E-state index >= 15 is 0 Å². The molecule has 1 aromatic rings. The lowest BCUT2D eigenvalue weighted by Gasteiger charge is -2.20. The van der Waals surface area contributed by atoms with E-state index in [1.807, 2.05) is 6.07 Å². The van der Waals surface area contributed by atoms with E-state index in [1.165, 1.54) is 0 Å². The number of hydrogen-bond donors (Lipinski definition) is 1. The van der Waals surface area contributed by atoms with Crippen LogP contribution >= 0.6 is 0 Å². The number of hydrogen-bond acceptors (Lipinski definition) is 3. The molecule has 0 bridgehead atoms. The van der Waals surface area contributed by atoms with Crippen LogP contribution in [-0.2, 0) is 10.0 Å². The summed E-state index contributed by atoms with van der Waals surface area (Å²) in [6, 6.07) is 4.32. The Balaban J connectivity index is 1.83. The normalized spacial score (nSPS) is 21.1. The topological polar surface area (TPSA) is 70.0 Å². The fourth-order valence-electron chi connectivity index (χ4n) is 2.63. The average molecular weight is 326 g/mol. The maximum atomic E-state index is 13.9. The van der Waals surface area contributed by atoms with Crippen molar-refractivity contribution in [2.75, 3.05) is 5.75 Å². The number of rotatable bonds is 6. The van der Waals surface area contributed by atoms with Crippen LogP contribution in [0.5, 0.6) is 0 Å². The Morgan fingerprint density at radius 1 is 1.36 bits per heavy atom. The second-order valence-electron chi connectivity index (χ2n) is 6.25. The zero-order valence-electron chi connectivity index (χ0n) is 11.9. The Hall–Kier alpha value is -1.52. The van der Waals surface area contributed by atoms with Crippen molar-refractivity contribution in [2.24, 2.45) is 11.3 Å². The molecule has 0 saturated heterocycles. The number of nitriles is 1. The van der Waals surface area contributed by atoms with Gasteiger partial charge in [-0.3, -0.25) is 0 Å². The minimum atomic E-state index is -3.73. The van der Waals surface area contributed by atoms with Crippen molar-refractivity contribution >= 4 is 10.0 Å². The first-order valence-corrected chi connectivity index (χ1v) is 8.86.